The fourth-order valence-electron chi connectivity index (χ4n) is 2.90. The van der Waals surface area contributed by atoms with E-state index in [2.05, 4.69) is 10.6 Å². The highest BCUT2D eigenvalue weighted by Gasteiger charge is 2.15. The normalized spacial score (nSPS) is 13.3. The molecule has 0 aromatic heterocycles. The minimum Gasteiger partial charge on any atom is -0.395 e. The number of aliphatic hydroxyl groups excluding tert-OH is 1. The number of hydrogen-bond acceptors (Lipinski definition) is 3. The number of amides is 1. The Labute approximate surface area is 150 Å². The van der Waals surface area contributed by atoms with E-state index in [1.54, 1.807) is 0 Å². The molecule has 2 aromatic carbocycles. The predicted octanol–water partition coefficient (Wildman–Crippen LogP) is 3.21. The molecule has 2 atom stereocenters. The highest BCUT2D eigenvalue weighted by Crippen LogP contribution is 2.18. The zero-order valence-electron chi connectivity index (χ0n) is 15.3. The van der Waals surface area contributed by atoms with Crippen molar-refractivity contribution >= 4 is 11.6 Å². The Morgan fingerprint density at radius 2 is 1.80 bits per heavy atom. The Kier molecular flexibility index (Phi) is 7.16. The summed E-state index contributed by atoms with van der Waals surface area (Å²) < 4.78 is 0. The van der Waals surface area contributed by atoms with Gasteiger partial charge in [0.1, 0.15) is 0 Å². The van der Waals surface area contributed by atoms with Gasteiger partial charge in [0.2, 0.25) is 5.91 Å². The van der Waals surface area contributed by atoms with E-state index in [9.17, 15) is 9.90 Å². The van der Waals surface area contributed by atoms with Gasteiger partial charge in [-0.25, -0.2) is 0 Å². The Morgan fingerprint density at radius 3 is 2.48 bits per heavy atom. The fourth-order valence-corrected chi connectivity index (χ4v) is 2.90. The zero-order valence-corrected chi connectivity index (χ0v) is 15.3. The molecule has 0 aliphatic carbocycles. The van der Waals surface area contributed by atoms with Crippen LogP contribution in [0.15, 0.2) is 48.5 Å². The van der Waals surface area contributed by atoms with Crippen LogP contribution in [0.5, 0.6) is 0 Å². The molecule has 0 bridgehead atoms. The predicted molar refractivity (Wildman–Crippen MR) is 103 cm³/mol. The second kappa shape index (κ2) is 9.35. The van der Waals surface area contributed by atoms with Gasteiger partial charge in [-0.3, -0.25) is 4.79 Å². The summed E-state index contributed by atoms with van der Waals surface area (Å²) in [6.07, 6.45) is 1.10. The second-order valence-electron chi connectivity index (χ2n) is 6.64. The lowest BCUT2D eigenvalue weighted by molar-refractivity contribution is -0.116. The molecule has 1 amide bonds. The van der Waals surface area contributed by atoms with Crippen molar-refractivity contribution in [1.82, 2.24) is 5.32 Å². The van der Waals surface area contributed by atoms with Crippen LogP contribution in [0.1, 0.15) is 30.0 Å². The van der Waals surface area contributed by atoms with Gasteiger partial charge in [-0.15, -0.1) is 0 Å². The molecule has 0 saturated carbocycles. The van der Waals surface area contributed by atoms with Crippen LogP contribution in [-0.2, 0) is 11.2 Å². The van der Waals surface area contributed by atoms with Crippen molar-refractivity contribution in [2.75, 3.05) is 11.9 Å². The summed E-state index contributed by atoms with van der Waals surface area (Å²) in [7, 11) is 0. The number of rotatable bonds is 8. The van der Waals surface area contributed by atoms with Crippen LogP contribution < -0.4 is 10.6 Å². The first-order valence-corrected chi connectivity index (χ1v) is 8.76. The lowest BCUT2D eigenvalue weighted by Crippen LogP contribution is -2.42. The Balaban J connectivity index is 1.86. The Hall–Kier alpha value is -2.17. The minimum absolute atomic E-state index is 0.0222. The number of benzene rings is 2. The smallest absolute Gasteiger partial charge is 0.225 e. The molecule has 0 fully saturated rings. The maximum atomic E-state index is 12.3. The monoisotopic (exact) mass is 340 g/mol. The summed E-state index contributed by atoms with van der Waals surface area (Å²) in [4.78, 5) is 12.3. The Morgan fingerprint density at radius 1 is 1.08 bits per heavy atom. The van der Waals surface area contributed by atoms with Gasteiger partial charge in [0.05, 0.1) is 6.61 Å². The number of aryl methyl sites for hydroxylation is 1. The quantitative estimate of drug-likeness (QED) is 0.691. The van der Waals surface area contributed by atoms with E-state index in [0.29, 0.717) is 6.42 Å². The van der Waals surface area contributed by atoms with Crippen LogP contribution in [0.3, 0.4) is 0 Å². The topological polar surface area (TPSA) is 61.4 Å². The van der Waals surface area contributed by atoms with Gasteiger partial charge in [-0.1, -0.05) is 42.5 Å². The van der Waals surface area contributed by atoms with E-state index in [1.807, 2.05) is 69.3 Å². The third kappa shape index (κ3) is 6.00. The molecule has 0 saturated heterocycles. The van der Waals surface area contributed by atoms with E-state index >= 15 is 0 Å². The van der Waals surface area contributed by atoms with Crippen molar-refractivity contribution in [1.29, 1.82) is 0 Å². The summed E-state index contributed by atoms with van der Waals surface area (Å²) in [5, 5.41) is 15.9. The van der Waals surface area contributed by atoms with Crippen LogP contribution in [0.25, 0.3) is 0 Å². The lowest BCUT2D eigenvalue weighted by atomic mass is 10.0. The van der Waals surface area contributed by atoms with Gasteiger partial charge in [0.15, 0.2) is 0 Å². The van der Waals surface area contributed by atoms with Gasteiger partial charge in [0, 0.05) is 24.2 Å². The molecule has 0 radical (unpaired) electrons. The molecule has 3 N–H and O–H groups in total. The number of hydrogen-bond donors (Lipinski definition) is 3. The molecule has 0 aliphatic rings. The highest BCUT2D eigenvalue weighted by molar-refractivity contribution is 5.92. The minimum atomic E-state index is -0.0640. The lowest BCUT2D eigenvalue weighted by Gasteiger charge is -2.22. The van der Waals surface area contributed by atoms with E-state index in [4.69, 9.17) is 0 Å². The van der Waals surface area contributed by atoms with Crippen molar-refractivity contribution in [3.05, 3.63) is 65.2 Å². The number of carbonyl (C=O) groups is 1. The molecular formula is C21H28N2O2. The van der Waals surface area contributed by atoms with E-state index < -0.39 is 0 Å². The maximum absolute atomic E-state index is 12.3. The third-order valence-corrected chi connectivity index (χ3v) is 4.44. The average molecular weight is 340 g/mol. The van der Waals surface area contributed by atoms with Crippen molar-refractivity contribution < 1.29 is 9.90 Å². The van der Waals surface area contributed by atoms with Gasteiger partial charge in [0.25, 0.3) is 0 Å². The van der Waals surface area contributed by atoms with Crippen LogP contribution in [-0.4, -0.2) is 29.7 Å². The molecule has 4 heteroatoms. The molecule has 0 spiro atoms. The molecule has 0 aliphatic heterocycles. The molecule has 0 heterocycles. The van der Waals surface area contributed by atoms with E-state index in [1.165, 1.54) is 5.56 Å². The maximum Gasteiger partial charge on any atom is 0.225 e. The molecule has 2 rings (SSSR count). The molecule has 4 nitrogen and oxygen atoms in total. The molecule has 2 aromatic rings. The van der Waals surface area contributed by atoms with Gasteiger partial charge in [-0.2, -0.15) is 0 Å². The summed E-state index contributed by atoms with van der Waals surface area (Å²) >= 11 is 0. The second-order valence-corrected chi connectivity index (χ2v) is 6.64. The first-order valence-electron chi connectivity index (χ1n) is 8.76. The fraction of sp³-hybridized carbons (Fsp3) is 0.381. The van der Waals surface area contributed by atoms with Gasteiger partial charge < -0.3 is 15.7 Å². The number of anilines is 1. The van der Waals surface area contributed by atoms with Crippen molar-refractivity contribution in [2.24, 2.45) is 0 Å². The van der Waals surface area contributed by atoms with Gasteiger partial charge >= 0.3 is 0 Å². The highest BCUT2D eigenvalue weighted by atomic mass is 16.3. The summed E-state index contributed by atoms with van der Waals surface area (Å²) in [6, 6.07) is 15.9. The van der Waals surface area contributed by atoms with Crippen molar-refractivity contribution in [3.8, 4) is 0 Å². The first kappa shape index (κ1) is 19.2. The summed E-state index contributed by atoms with van der Waals surface area (Å²) in [6.45, 7) is 6.05. The van der Waals surface area contributed by atoms with Crippen LogP contribution >= 0.6 is 0 Å². The van der Waals surface area contributed by atoms with Crippen LogP contribution in [0, 0.1) is 13.8 Å². The van der Waals surface area contributed by atoms with Crippen LogP contribution in [0.4, 0.5) is 5.69 Å². The van der Waals surface area contributed by atoms with Gasteiger partial charge in [-0.05, 0) is 49.9 Å². The largest absolute Gasteiger partial charge is 0.395 e. The van der Waals surface area contributed by atoms with E-state index in [-0.39, 0.29) is 24.6 Å². The summed E-state index contributed by atoms with van der Waals surface area (Å²) in [5.41, 5.74) is 4.28. The standard InChI is InChI=1S/C21H28N2O2/c1-15-8-7-11-20(17(15)3)23-21(25)12-16(2)22-19(14-24)13-18-9-5-4-6-10-18/h4-11,16,19,22,24H,12-14H2,1-3H3,(H,23,25)/t16-,19-/m0/s1. The average Bonchev–Trinajstić information content (AvgIpc) is 2.59. The number of aliphatic hydroxyl groups is 1. The van der Waals surface area contributed by atoms with Crippen LogP contribution in [0.2, 0.25) is 0 Å². The molecule has 0 unspecified atom stereocenters. The van der Waals surface area contributed by atoms with Crippen molar-refractivity contribution in [2.45, 2.75) is 45.7 Å². The van der Waals surface area contributed by atoms with Crippen molar-refractivity contribution in [3.63, 3.8) is 0 Å². The Bertz CT molecular complexity index is 686. The number of carbonyl (C=O) groups excluding carboxylic acids is 1. The molecule has 134 valence electrons. The van der Waals surface area contributed by atoms with E-state index in [0.717, 1.165) is 23.2 Å². The third-order valence-electron chi connectivity index (χ3n) is 4.44. The number of nitrogens with one attached hydrogen (secondary N) is 2. The molecular weight excluding hydrogens is 312 g/mol. The first-order chi connectivity index (χ1) is 12.0. The molecule has 25 heavy (non-hydrogen) atoms. The summed E-state index contributed by atoms with van der Waals surface area (Å²) in [5.74, 6) is -0.0231. The SMILES string of the molecule is Cc1cccc(NC(=O)C[C@H](C)N[C@H](CO)Cc2ccccc2)c1C. The zero-order chi connectivity index (χ0) is 18.2.